The van der Waals surface area contributed by atoms with Crippen molar-refractivity contribution in [2.75, 3.05) is 6.54 Å². The maximum absolute atomic E-state index is 4.89. The molecule has 3 heteroatoms. The quantitative estimate of drug-likeness (QED) is 0.792. The molecule has 0 aliphatic heterocycles. The monoisotopic (exact) mass is 277 g/mol. The van der Waals surface area contributed by atoms with Crippen molar-refractivity contribution in [3.05, 3.63) is 17.0 Å². The second-order valence-electron chi connectivity index (χ2n) is 6.29. The van der Waals surface area contributed by atoms with Gasteiger partial charge in [-0.05, 0) is 45.6 Å². The SMILES string of the molecule is CCCNCc1c(C)nn(C2CCCCC2CC)c1C. The number of aromatic nitrogens is 2. The zero-order valence-corrected chi connectivity index (χ0v) is 13.7. The van der Waals surface area contributed by atoms with Gasteiger partial charge in [0.25, 0.3) is 0 Å². The van der Waals surface area contributed by atoms with Gasteiger partial charge >= 0.3 is 0 Å². The van der Waals surface area contributed by atoms with Crippen LogP contribution in [0.3, 0.4) is 0 Å². The van der Waals surface area contributed by atoms with E-state index in [1.54, 1.807) is 0 Å². The molecule has 0 saturated heterocycles. The molecule has 0 aromatic carbocycles. The molecule has 1 aliphatic rings. The van der Waals surface area contributed by atoms with Crippen molar-refractivity contribution in [2.45, 2.75) is 78.8 Å². The summed E-state index contributed by atoms with van der Waals surface area (Å²) in [6.07, 6.45) is 7.92. The lowest BCUT2D eigenvalue weighted by atomic mass is 9.83. The summed E-state index contributed by atoms with van der Waals surface area (Å²) in [5.74, 6) is 0.818. The van der Waals surface area contributed by atoms with Crippen molar-refractivity contribution in [2.24, 2.45) is 5.92 Å². The highest BCUT2D eigenvalue weighted by atomic mass is 15.3. The van der Waals surface area contributed by atoms with E-state index in [0.29, 0.717) is 6.04 Å². The molecule has 1 aliphatic carbocycles. The molecule has 0 amide bonds. The number of nitrogens with zero attached hydrogens (tertiary/aromatic N) is 2. The highest BCUT2D eigenvalue weighted by molar-refractivity contribution is 5.25. The fourth-order valence-corrected chi connectivity index (χ4v) is 3.65. The smallest absolute Gasteiger partial charge is 0.0641 e. The van der Waals surface area contributed by atoms with Crippen molar-refractivity contribution in [3.63, 3.8) is 0 Å². The van der Waals surface area contributed by atoms with Gasteiger partial charge in [-0.1, -0.05) is 33.1 Å². The zero-order valence-electron chi connectivity index (χ0n) is 13.7. The molecular formula is C17H31N3. The minimum Gasteiger partial charge on any atom is -0.313 e. The van der Waals surface area contributed by atoms with E-state index in [1.165, 1.54) is 55.5 Å². The van der Waals surface area contributed by atoms with Gasteiger partial charge in [0.1, 0.15) is 0 Å². The second-order valence-corrected chi connectivity index (χ2v) is 6.29. The standard InChI is InChI=1S/C17H31N3/c1-5-11-18-12-16-13(3)19-20(14(16)4)17-10-8-7-9-15(17)6-2/h15,17-18H,5-12H2,1-4H3. The normalized spacial score (nSPS) is 23.2. The van der Waals surface area contributed by atoms with Crippen LogP contribution in [-0.4, -0.2) is 16.3 Å². The molecular weight excluding hydrogens is 246 g/mol. The van der Waals surface area contributed by atoms with Crippen molar-refractivity contribution >= 4 is 0 Å². The van der Waals surface area contributed by atoms with Crippen molar-refractivity contribution < 1.29 is 0 Å². The molecule has 1 aromatic heterocycles. The first kappa shape index (κ1) is 15.6. The molecule has 1 heterocycles. The molecule has 0 bridgehead atoms. The maximum Gasteiger partial charge on any atom is 0.0641 e. The molecule has 1 aromatic rings. The van der Waals surface area contributed by atoms with Crippen LogP contribution in [0.4, 0.5) is 0 Å². The Labute approximate surface area is 124 Å². The van der Waals surface area contributed by atoms with E-state index in [-0.39, 0.29) is 0 Å². The average molecular weight is 277 g/mol. The molecule has 2 unspecified atom stereocenters. The molecule has 1 saturated carbocycles. The first-order valence-electron chi connectivity index (χ1n) is 8.44. The van der Waals surface area contributed by atoms with Crippen LogP contribution in [0.15, 0.2) is 0 Å². The number of hydrogen-bond donors (Lipinski definition) is 1. The lowest BCUT2D eigenvalue weighted by molar-refractivity contribution is 0.214. The summed E-state index contributed by atoms with van der Waals surface area (Å²) in [4.78, 5) is 0. The van der Waals surface area contributed by atoms with Gasteiger partial charge in [-0.25, -0.2) is 0 Å². The van der Waals surface area contributed by atoms with Gasteiger partial charge in [0.15, 0.2) is 0 Å². The topological polar surface area (TPSA) is 29.9 Å². The van der Waals surface area contributed by atoms with Gasteiger partial charge in [0.05, 0.1) is 11.7 Å². The van der Waals surface area contributed by atoms with Gasteiger partial charge in [0.2, 0.25) is 0 Å². The molecule has 1 N–H and O–H groups in total. The molecule has 2 atom stereocenters. The van der Waals surface area contributed by atoms with E-state index in [9.17, 15) is 0 Å². The fraction of sp³-hybridized carbons (Fsp3) is 0.824. The van der Waals surface area contributed by atoms with Crippen LogP contribution in [0.5, 0.6) is 0 Å². The minimum absolute atomic E-state index is 0.632. The summed E-state index contributed by atoms with van der Waals surface area (Å²) in [5.41, 5.74) is 4.02. The third-order valence-corrected chi connectivity index (χ3v) is 4.91. The molecule has 0 radical (unpaired) electrons. The largest absolute Gasteiger partial charge is 0.313 e. The minimum atomic E-state index is 0.632. The summed E-state index contributed by atoms with van der Waals surface area (Å²) in [6, 6.07) is 0.632. The number of nitrogens with one attached hydrogen (secondary N) is 1. The molecule has 20 heavy (non-hydrogen) atoms. The van der Waals surface area contributed by atoms with Gasteiger partial charge in [0, 0.05) is 17.8 Å². The highest BCUT2D eigenvalue weighted by Gasteiger charge is 2.28. The predicted octanol–water partition coefficient (Wildman–Crippen LogP) is 4.14. The molecule has 2 rings (SSSR count). The van der Waals surface area contributed by atoms with Gasteiger partial charge in [-0.15, -0.1) is 0 Å². The Morgan fingerprint density at radius 2 is 1.95 bits per heavy atom. The summed E-state index contributed by atoms with van der Waals surface area (Å²) < 4.78 is 2.35. The van der Waals surface area contributed by atoms with E-state index in [0.717, 1.165) is 19.0 Å². The van der Waals surface area contributed by atoms with Crippen LogP contribution in [-0.2, 0) is 6.54 Å². The third-order valence-electron chi connectivity index (χ3n) is 4.91. The van der Waals surface area contributed by atoms with Gasteiger partial charge in [-0.2, -0.15) is 5.10 Å². The Hall–Kier alpha value is -0.830. The fourth-order valence-electron chi connectivity index (χ4n) is 3.65. The van der Waals surface area contributed by atoms with Crippen molar-refractivity contribution in [1.29, 1.82) is 0 Å². The number of rotatable bonds is 6. The Bertz CT molecular complexity index is 422. The summed E-state index contributed by atoms with van der Waals surface area (Å²) in [6.45, 7) is 11.0. The van der Waals surface area contributed by atoms with Crippen LogP contribution in [0, 0.1) is 19.8 Å². The molecule has 0 spiro atoms. The van der Waals surface area contributed by atoms with Crippen LogP contribution in [0.2, 0.25) is 0 Å². The van der Waals surface area contributed by atoms with E-state index in [1.807, 2.05) is 0 Å². The predicted molar refractivity (Wildman–Crippen MR) is 85.0 cm³/mol. The average Bonchev–Trinajstić information content (AvgIpc) is 2.75. The molecule has 3 nitrogen and oxygen atoms in total. The van der Waals surface area contributed by atoms with E-state index in [4.69, 9.17) is 5.10 Å². The summed E-state index contributed by atoms with van der Waals surface area (Å²) in [7, 11) is 0. The highest BCUT2D eigenvalue weighted by Crippen LogP contribution is 2.36. The summed E-state index contributed by atoms with van der Waals surface area (Å²) in [5, 5.41) is 8.41. The Kier molecular flexibility index (Phi) is 5.64. The van der Waals surface area contributed by atoms with Crippen molar-refractivity contribution in [1.82, 2.24) is 15.1 Å². The Morgan fingerprint density at radius 3 is 2.65 bits per heavy atom. The van der Waals surface area contributed by atoms with Crippen LogP contribution >= 0.6 is 0 Å². The maximum atomic E-state index is 4.89. The summed E-state index contributed by atoms with van der Waals surface area (Å²) >= 11 is 0. The lowest BCUT2D eigenvalue weighted by Gasteiger charge is -2.32. The third kappa shape index (κ3) is 3.25. The Morgan fingerprint density at radius 1 is 1.20 bits per heavy atom. The van der Waals surface area contributed by atoms with E-state index >= 15 is 0 Å². The van der Waals surface area contributed by atoms with Crippen molar-refractivity contribution in [3.8, 4) is 0 Å². The van der Waals surface area contributed by atoms with E-state index < -0.39 is 0 Å². The van der Waals surface area contributed by atoms with Crippen LogP contribution in [0.25, 0.3) is 0 Å². The number of aryl methyl sites for hydroxylation is 1. The molecule has 114 valence electrons. The first-order valence-corrected chi connectivity index (χ1v) is 8.44. The van der Waals surface area contributed by atoms with Gasteiger partial charge in [-0.3, -0.25) is 4.68 Å². The number of hydrogen-bond acceptors (Lipinski definition) is 2. The Balaban J connectivity index is 2.17. The lowest BCUT2D eigenvalue weighted by Crippen LogP contribution is -2.25. The molecule has 1 fully saturated rings. The zero-order chi connectivity index (χ0) is 14.5. The van der Waals surface area contributed by atoms with Crippen LogP contribution < -0.4 is 5.32 Å². The van der Waals surface area contributed by atoms with Crippen LogP contribution in [0.1, 0.15) is 75.4 Å². The first-order chi connectivity index (χ1) is 9.69. The van der Waals surface area contributed by atoms with E-state index in [2.05, 4.69) is 37.7 Å². The van der Waals surface area contributed by atoms with Gasteiger partial charge < -0.3 is 5.32 Å². The second kappa shape index (κ2) is 7.26.